The van der Waals surface area contributed by atoms with E-state index in [0.717, 1.165) is 64.2 Å². The summed E-state index contributed by atoms with van der Waals surface area (Å²) in [7, 11) is 0. The van der Waals surface area contributed by atoms with Crippen LogP contribution in [0.1, 0.15) is 13.3 Å². The van der Waals surface area contributed by atoms with Gasteiger partial charge in [0.1, 0.15) is 0 Å². The van der Waals surface area contributed by atoms with E-state index in [4.69, 9.17) is 9.73 Å². The molecule has 2 fully saturated rings. The number of thioether (sulfide) groups is 1. The third kappa shape index (κ3) is 6.11. The van der Waals surface area contributed by atoms with E-state index < -0.39 is 0 Å². The summed E-state index contributed by atoms with van der Waals surface area (Å²) in [5.41, 5.74) is 0. The lowest BCUT2D eigenvalue weighted by molar-refractivity contribution is 0.0195. The Morgan fingerprint density at radius 2 is 2.10 bits per heavy atom. The molecule has 1 N–H and O–H groups in total. The largest absolute Gasteiger partial charge is 0.379 e. The fourth-order valence-electron chi connectivity index (χ4n) is 2.84. The Bertz CT molecular complexity index is 313. The lowest BCUT2D eigenvalue weighted by atomic mass is 10.2. The molecule has 2 aliphatic rings. The van der Waals surface area contributed by atoms with E-state index in [1.54, 1.807) is 0 Å². The van der Waals surface area contributed by atoms with Gasteiger partial charge in [-0.15, -0.1) is 24.0 Å². The Kier molecular flexibility index (Phi) is 10.0. The summed E-state index contributed by atoms with van der Waals surface area (Å²) in [6.45, 7) is 10.1. The maximum absolute atomic E-state index is 5.44. The molecule has 0 aromatic heterocycles. The van der Waals surface area contributed by atoms with Crippen molar-refractivity contribution >= 4 is 41.7 Å². The van der Waals surface area contributed by atoms with E-state index in [-0.39, 0.29) is 24.0 Å². The monoisotopic (exact) mass is 428 g/mol. The number of nitrogens with zero attached hydrogens (tertiary/aromatic N) is 3. The molecule has 0 bridgehead atoms. The first kappa shape index (κ1) is 19.3. The van der Waals surface area contributed by atoms with Crippen LogP contribution in [-0.2, 0) is 4.74 Å². The molecular weight excluding hydrogens is 399 g/mol. The minimum atomic E-state index is 0. The lowest BCUT2D eigenvalue weighted by Gasteiger charge is -2.32. The Labute approximate surface area is 150 Å². The molecule has 1 unspecified atom stereocenters. The minimum Gasteiger partial charge on any atom is -0.379 e. The van der Waals surface area contributed by atoms with Gasteiger partial charge in [0.2, 0.25) is 0 Å². The summed E-state index contributed by atoms with van der Waals surface area (Å²) >= 11 is 1.85. The summed E-state index contributed by atoms with van der Waals surface area (Å²) in [4.78, 5) is 9.73. The van der Waals surface area contributed by atoms with Gasteiger partial charge in [0.05, 0.1) is 19.8 Å². The maximum Gasteiger partial charge on any atom is 0.193 e. The molecule has 0 aromatic carbocycles. The third-order valence-corrected chi connectivity index (χ3v) is 4.51. The first-order chi connectivity index (χ1) is 9.85. The molecule has 1 atom stereocenters. The topological polar surface area (TPSA) is 40.1 Å². The summed E-state index contributed by atoms with van der Waals surface area (Å²) in [6.07, 6.45) is 3.37. The van der Waals surface area contributed by atoms with Gasteiger partial charge in [-0.05, 0) is 19.6 Å². The second kappa shape index (κ2) is 10.9. The van der Waals surface area contributed by atoms with Crippen LogP contribution in [0.3, 0.4) is 0 Å². The van der Waals surface area contributed by atoms with Gasteiger partial charge >= 0.3 is 0 Å². The molecule has 2 aliphatic heterocycles. The fraction of sp³-hybridized carbons (Fsp3) is 0.929. The highest BCUT2D eigenvalue weighted by atomic mass is 127. The second-order valence-corrected chi connectivity index (χ2v) is 6.25. The molecule has 2 rings (SSSR count). The highest BCUT2D eigenvalue weighted by molar-refractivity contribution is 14.0. The van der Waals surface area contributed by atoms with E-state index in [2.05, 4.69) is 28.3 Å². The molecule has 0 aliphatic carbocycles. The van der Waals surface area contributed by atoms with Gasteiger partial charge in [-0.3, -0.25) is 9.89 Å². The first-order valence-corrected chi connectivity index (χ1v) is 9.08. The van der Waals surface area contributed by atoms with Gasteiger partial charge in [0, 0.05) is 44.5 Å². The summed E-state index contributed by atoms with van der Waals surface area (Å²) < 4.78 is 5.44. The van der Waals surface area contributed by atoms with Crippen LogP contribution in [0.4, 0.5) is 0 Å². The fourth-order valence-corrected chi connectivity index (χ4v) is 3.12. The van der Waals surface area contributed by atoms with E-state index in [9.17, 15) is 0 Å². The zero-order chi connectivity index (χ0) is 14.2. The van der Waals surface area contributed by atoms with Crippen molar-refractivity contribution in [3.05, 3.63) is 0 Å². The van der Waals surface area contributed by atoms with Crippen LogP contribution < -0.4 is 5.32 Å². The normalized spacial score (nSPS) is 24.0. The zero-order valence-electron chi connectivity index (χ0n) is 13.2. The van der Waals surface area contributed by atoms with Gasteiger partial charge in [-0.2, -0.15) is 11.8 Å². The van der Waals surface area contributed by atoms with E-state index >= 15 is 0 Å². The third-order valence-electron chi connectivity index (χ3n) is 3.92. The van der Waals surface area contributed by atoms with E-state index in [1.165, 1.54) is 6.42 Å². The smallest absolute Gasteiger partial charge is 0.193 e. The molecule has 21 heavy (non-hydrogen) atoms. The Hall–Kier alpha value is 0.270. The van der Waals surface area contributed by atoms with E-state index in [0.29, 0.717) is 6.04 Å². The number of morpholine rings is 1. The Morgan fingerprint density at radius 1 is 1.33 bits per heavy atom. The molecule has 5 nitrogen and oxygen atoms in total. The van der Waals surface area contributed by atoms with Crippen molar-refractivity contribution < 1.29 is 4.74 Å². The van der Waals surface area contributed by atoms with Crippen LogP contribution in [-0.4, -0.2) is 86.3 Å². The molecule has 124 valence electrons. The Morgan fingerprint density at radius 3 is 2.76 bits per heavy atom. The molecule has 0 amide bonds. The SMILES string of the molecule is CCNC(=NCCSC)N1CCC(N2CCOCC2)C1.I. The zero-order valence-corrected chi connectivity index (χ0v) is 16.4. The van der Waals surface area contributed by atoms with Crippen molar-refractivity contribution in [3.63, 3.8) is 0 Å². The molecule has 0 spiro atoms. The molecule has 2 saturated heterocycles. The average Bonchev–Trinajstić information content (AvgIpc) is 2.97. The number of halogens is 1. The van der Waals surface area contributed by atoms with Gasteiger partial charge in [-0.25, -0.2) is 0 Å². The van der Waals surface area contributed by atoms with Crippen LogP contribution in [0, 0.1) is 0 Å². The molecule has 7 heteroatoms. The molecule has 2 heterocycles. The van der Waals surface area contributed by atoms with Gasteiger partial charge < -0.3 is 15.0 Å². The number of likely N-dealkylation sites (tertiary alicyclic amines) is 1. The van der Waals surface area contributed by atoms with Crippen molar-refractivity contribution in [2.45, 2.75) is 19.4 Å². The number of nitrogens with one attached hydrogen (secondary N) is 1. The van der Waals surface area contributed by atoms with Crippen molar-refractivity contribution in [1.82, 2.24) is 15.1 Å². The van der Waals surface area contributed by atoms with Crippen LogP contribution in [0.25, 0.3) is 0 Å². The summed E-state index contributed by atoms with van der Waals surface area (Å²) in [6, 6.07) is 0.670. The van der Waals surface area contributed by atoms with Crippen LogP contribution in [0.15, 0.2) is 4.99 Å². The summed E-state index contributed by atoms with van der Waals surface area (Å²) in [5, 5.41) is 3.43. The van der Waals surface area contributed by atoms with Crippen molar-refractivity contribution in [1.29, 1.82) is 0 Å². The molecule has 0 saturated carbocycles. The van der Waals surface area contributed by atoms with E-state index in [1.807, 2.05) is 11.8 Å². The molecular formula is C14H29IN4OS. The maximum atomic E-state index is 5.44. The van der Waals surface area contributed by atoms with Gasteiger partial charge in [-0.1, -0.05) is 0 Å². The minimum absolute atomic E-state index is 0. The highest BCUT2D eigenvalue weighted by Gasteiger charge is 2.30. The second-order valence-electron chi connectivity index (χ2n) is 5.27. The number of aliphatic imine (C=N–C) groups is 1. The number of rotatable bonds is 5. The van der Waals surface area contributed by atoms with Crippen LogP contribution >= 0.6 is 35.7 Å². The summed E-state index contributed by atoms with van der Waals surface area (Å²) in [5.74, 6) is 2.19. The number of ether oxygens (including phenoxy) is 1. The van der Waals surface area contributed by atoms with Gasteiger partial charge in [0.25, 0.3) is 0 Å². The predicted octanol–water partition coefficient (Wildman–Crippen LogP) is 1.34. The molecule has 0 aromatic rings. The lowest BCUT2D eigenvalue weighted by Crippen LogP contribution is -2.46. The number of guanidine groups is 1. The standard InChI is InChI=1S/C14H28N4OS.HI/c1-3-15-14(16-5-11-20-2)18-6-4-13(12-18)17-7-9-19-10-8-17;/h13H,3-12H2,1-2H3,(H,15,16);1H. The number of hydrogen-bond donors (Lipinski definition) is 1. The first-order valence-electron chi connectivity index (χ1n) is 7.69. The highest BCUT2D eigenvalue weighted by Crippen LogP contribution is 2.17. The van der Waals surface area contributed by atoms with Gasteiger partial charge in [0.15, 0.2) is 5.96 Å². The molecule has 0 radical (unpaired) electrons. The Balaban J connectivity index is 0.00000220. The van der Waals surface area contributed by atoms with Crippen molar-refractivity contribution in [2.75, 3.05) is 64.5 Å². The van der Waals surface area contributed by atoms with Crippen LogP contribution in [0.5, 0.6) is 0 Å². The van der Waals surface area contributed by atoms with Crippen molar-refractivity contribution in [3.8, 4) is 0 Å². The predicted molar refractivity (Wildman–Crippen MR) is 102 cm³/mol. The van der Waals surface area contributed by atoms with Crippen molar-refractivity contribution in [2.24, 2.45) is 4.99 Å². The van der Waals surface area contributed by atoms with Crippen LogP contribution in [0.2, 0.25) is 0 Å². The quantitative estimate of drug-likeness (QED) is 0.310. The average molecular weight is 428 g/mol. The number of hydrogen-bond acceptors (Lipinski definition) is 4.